The molecule has 1 rings (SSSR count). The first-order valence-corrected chi connectivity index (χ1v) is 3.71. The summed E-state index contributed by atoms with van der Waals surface area (Å²) >= 11 is 0. The first-order valence-electron chi connectivity index (χ1n) is 3.71. The Morgan fingerprint density at radius 1 is 1.79 bits per heavy atom. The molecule has 1 heterocycles. The molecule has 0 aliphatic heterocycles. The summed E-state index contributed by atoms with van der Waals surface area (Å²) in [5.74, 6) is -0.470. The molecule has 1 aromatic heterocycles. The summed E-state index contributed by atoms with van der Waals surface area (Å²) in [6.07, 6.45) is 1.04. The van der Waals surface area contributed by atoms with Gasteiger partial charge < -0.3 is 14.9 Å². The van der Waals surface area contributed by atoms with E-state index in [1.807, 2.05) is 0 Å². The van der Waals surface area contributed by atoms with Gasteiger partial charge in [0, 0.05) is 6.92 Å². The lowest BCUT2D eigenvalue weighted by Crippen LogP contribution is -1.95. The van der Waals surface area contributed by atoms with Crippen LogP contribution in [0, 0.1) is 10.1 Å². The zero-order valence-electron chi connectivity index (χ0n) is 7.76. The van der Waals surface area contributed by atoms with Gasteiger partial charge >= 0.3 is 11.8 Å². The van der Waals surface area contributed by atoms with Crippen LogP contribution in [0.3, 0.4) is 0 Å². The molecule has 0 aliphatic carbocycles. The number of ether oxygens (including phenoxy) is 1. The van der Waals surface area contributed by atoms with Gasteiger partial charge in [-0.3, -0.25) is 4.79 Å². The third kappa shape index (κ3) is 5.63. The largest absolute Gasteiger partial charge is 0.466 e. The zero-order chi connectivity index (χ0) is 11.0. The molecule has 0 fully saturated rings. The Morgan fingerprint density at radius 3 is 2.57 bits per heavy atom. The Kier molecular flexibility index (Phi) is 5.59. The van der Waals surface area contributed by atoms with Crippen LogP contribution in [0.4, 0.5) is 5.82 Å². The summed E-state index contributed by atoms with van der Waals surface area (Å²) in [6.45, 7) is 3.65. The molecule has 0 unspecified atom stereocenters. The highest BCUT2D eigenvalue weighted by atomic mass is 16.6. The number of aromatic nitrogens is 3. The van der Waals surface area contributed by atoms with Gasteiger partial charge in [0.25, 0.3) is 0 Å². The Labute approximate surface area is 79.4 Å². The number of nitro groups is 1. The van der Waals surface area contributed by atoms with Crippen molar-refractivity contribution in [1.82, 2.24) is 15.4 Å². The van der Waals surface area contributed by atoms with Crippen LogP contribution in [-0.4, -0.2) is 32.9 Å². The molecule has 0 atom stereocenters. The summed E-state index contributed by atoms with van der Waals surface area (Å²) < 4.78 is 4.40. The second kappa shape index (κ2) is 6.52. The average molecular weight is 202 g/mol. The van der Waals surface area contributed by atoms with Crippen molar-refractivity contribution in [3.05, 3.63) is 16.3 Å². The number of nitrogens with zero attached hydrogens (tertiary/aromatic N) is 3. The fraction of sp³-hybridized carbons (Fsp3) is 0.500. The predicted octanol–water partition coefficient (Wildman–Crippen LogP) is 0.282. The molecule has 1 aromatic rings. The summed E-state index contributed by atoms with van der Waals surface area (Å²) in [5.41, 5.74) is 0. The summed E-state index contributed by atoms with van der Waals surface area (Å²) in [5, 5.41) is 18.3. The van der Waals surface area contributed by atoms with Crippen LogP contribution in [0.25, 0.3) is 0 Å². The quantitative estimate of drug-likeness (QED) is 0.419. The highest BCUT2D eigenvalue weighted by molar-refractivity contribution is 5.65. The summed E-state index contributed by atoms with van der Waals surface area (Å²) in [4.78, 5) is 18.9. The second-order valence-electron chi connectivity index (χ2n) is 2.01. The molecule has 0 saturated heterocycles. The second-order valence-corrected chi connectivity index (χ2v) is 2.01. The number of H-pyrrole nitrogens is 1. The minimum atomic E-state index is -0.622. The van der Waals surface area contributed by atoms with E-state index < -0.39 is 4.92 Å². The number of hydrogen-bond acceptors (Lipinski definition) is 6. The lowest BCUT2D eigenvalue weighted by molar-refractivity contribution is -0.389. The zero-order valence-corrected chi connectivity index (χ0v) is 7.76. The lowest BCUT2D eigenvalue weighted by Gasteiger charge is -1.89. The maximum atomic E-state index is 9.82. The summed E-state index contributed by atoms with van der Waals surface area (Å²) in [6, 6.07) is 0. The normalized spacial score (nSPS) is 8.43. The van der Waals surface area contributed by atoms with E-state index in [2.05, 4.69) is 20.1 Å². The molecule has 78 valence electrons. The third-order valence-electron chi connectivity index (χ3n) is 0.937. The van der Waals surface area contributed by atoms with E-state index in [1.165, 1.54) is 6.92 Å². The number of rotatable bonds is 2. The van der Waals surface area contributed by atoms with E-state index >= 15 is 0 Å². The fourth-order valence-corrected chi connectivity index (χ4v) is 0.487. The van der Waals surface area contributed by atoms with Crippen molar-refractivity contribution in [2.75, 3.05) is 6.61 Å². The van der Waals surface area contributed by atoms with Crippen molar-refractivity contribution in [3.8, 4) is 0 Å². The molecule has 0 aromatic carbocycles. The molecule has 0 saturated carbocycles. The number of nitrogens with one attached hydrogen (secondary N) is 1. The van der Waals surface area contributed by atoms with Crippen LogP contribution < -0.4 is 0 Å². The molecule has 14 heavy (non-hydrogen) atoms. The number of aromatic amines is 1. The number of carbonyl (C=O) groups excluding carboxylic acids is 1. The maximum absolute atomic E-state index is 9.82. The minimum Gasteiger partial charge on any atom is -0.466 e. The molecule has 8 nitrogen and oxygen atoms in total. The van der Waals surface area contributed by atoms with Gasteiger partial charge in [-0.25, -0.2) is 0 Å². The van der Waals surface area contributed by atoms with E-state index in [9.17, 15) is 14.9 Å². The summed E-state index contributed by atoms with van der Waals surface area (Å²) in [7, 11) is 0. The van der Waals surface area contributed by atoms with Gasteiger partial charge in [0.2, 0.25) is 0 Å². The van der Waals surface area contributed by atoms with E-state index in [-0.39, 0.29) is 11.8 Å². The molecule has 0 radical (unpaired) electrons. The van der Waals surface area contributed by atoms with E-state index in [0.717, 1.165) is 6.20 Å². The van der Waals surface area contributed by atoms with Crippen LogP contribution in [0.5, 0.6) is 0 Å². The smallest absolute Gasteiger partial charge is 0.410 e. The Bertz CT molecular complexity index is 284. The van der Waals surface area contributed by atoms with Gasteiger partial charge in [-0.1, -0.05) is 0 Å². The van der Waals surface area contributed by atoms with Gasteiger partial charge in [0.15, 0.2) is 6.20 Å². The van der Waals surface area contributed by atoms with Crippen LogP contribution in [0.2, 0.25) is 0 Å². The maximum Gasteiger partial charge on any atom is 0.410 e. The monoisotopic (exact) mass is 202 g/mol. The number of carbonyl (C=O) groups is 1. The Hall–Kier alpha value is -1.99. The van der Waals surface area contributed by atoms with Gasteiger partial charge in [0.05, 0.1) is 11.7 Å². The highest BCUT2D eigenvalue weighted by Crippen LogP contribution is 1.97. The van der Waals surface area contributed by atoms with Crippen LogP contribution in [0.1, 0.15) is 13.8 Å². The van der Waals surface area contributed by atoms with Crippen LogP contribution in [-0.2, 0) is 9.53 Å². The fourth-order valence-electron chi connectivity index (χ4n) is 0.487. The van der Waals surface area contributed by atoms with Gasteiger partial charge in [0.1, 0.15) is 0 Å². The molecular weight excluding hydrogens is 192 g/mol. The standard InChI is InChI=1S/C4H8O2.C2H2N4O2/c1-3-6-4(2)5;7-6(8)2-1-3-5-4-2/h3H2,1-2H3;1H,(H,3,4,5). The predicted molar refractivity (Wildman–Crippen MR) is 45.3 cm³/mol. The molecule has 1 N–H and O–H groups in total. The molecule has 0 amide bonds. The number of hydrogen-bond donors (Lipinski definition) is 1. The molecule has 0 spiro atoms. The molecular formula is C6H10N4O4. The van der Waals surface area contributed by atoms with Crippen molar-refractivity contribution in [2.24, 2.45) is 0 Å². The van der Waals surface area contributed by atoms with E-state index in [1.54, 1.807) is 6.92 Å². The minimum absolute atomic E-state index is 0.211. The first-order chi connectivity index (χ1) is 6.57. The van der Waals surface area contributed by atoms with E-state index in [4.69, 9.17) is 0 Å². The van der Waals surface area contributed by atoms with Crippen molar-refractivity contribution < 1.29 is 14.5 Å². The molecule has 0 aliphatic rings. The Morgan fingerprint density at radius 2 is 2.43 bits per heavy atom. The van der Waals surface area contributed by atoms with Crippen molar-refractivity contribution in [2.45, 2.75) is 13.8 Å². The van der Waals surface area contributed by atoms with Crippen LogP contribution >= 0.6 is 0 Å². The molecule has 0 bridgehead atoms. The topological polar surface area (TPSA) is 111 Å². The Balaban J connectivity index is 0.000000255. The van der Waals surface area contributed by atoms with Gasteiger partial charge in [-0.15, -0.1) is 10.3 Å². The van der Waals surface area contributed by atoms with E-state index in [0.29, 0.717) is 6.61 Å². The SMILES string of the molecule is CCOC(C)=O.O=[N+]([O-])c1cn[nH]n1. The average Bonchev–Trinajstić information content (AvgIpc) is 2.56. The van der Waals surface area contributed by atoms with Crippen molar-refractivity contribution >= 4 is 11.8 Å². The van der Waals surface area contributed by atoms with Crippen molar-refractivity contribution in [3.63, 3.8) is 0 Å². The van der Waals surface area contributed by atoms with Crippen LogP contribution in [0.15, 0.2) is 6.20 Å². The number of esters is 1. The van der Waals surface area contributed by atoms with Gasteiger partial charge in [-0.2, -0.15) is 0 Å². The van der Waals surface area contributed by atoms with Gasteiger partial charge in [-0.05, 0) is 11.8 Å². The highest BCUT2D eigenvalue weighted by Gasteiger charge is 2.04. The molecule has 8 heteroatoms. The lowest BCUT2D eigenvalue weighted by atomic mass is 10.8. The third-order valence-corrected chi connectivity index (χ3v) is 0.937. The first kappa shape index (κ1) is 12.0. The van der Waals surface area contributed by atoms with Crippen molar-refractivity contribution in [1.29, 1.82) is 0 Å².